The first-order valence-corrected chi connectivity index (χ1v) is 10.6. The first-order valence-electron chi connectivity index (χ1n) is 9.80. The maximum Gasteiger partial charge on any atom is 0.409 e. The van der Waals surface area contributed by atoms with Crippen LogP contribution in [0.3, 0.4) is 0 Å². The summed E-state index contributed by atoms with van der Waals surface area (Å²) in [6.45, 7) is 0.638. The van der Waals surface area contributed by atoms with E-state index in [0.717, 1.165) is 19.3 Å². The summed E-state index contributed by atoms with van der Waals surface area (Å²) in [6, 6.07) is 8.80. The Morgan fingerprint density at radius 1 is 1.26 bits per heavy atom. The van der Waals surface area contributed by atoms with Crippen LogP contribution in [-0.4, -0.2) is 37.4 Å². The second kappa shape index (κ2) is 9.03. The maximum atomic E-state index is 11.6. The molecule has 3 heterocycles. The molecule has 3 N–H and O–H groups in total. The van der Waals surface area contributed by atoms with Crippen LogP contribution in [0, 0.1) is 0 Å². The minimum Gasteiger partial charge on any atom is -0.485 e. The monoisotopic (exact) mass is 461 g/mol. The van der Waals surface area contributed by atoms with Gasteiger partial charge >= 0.3 is 6.09 Å². The van der Waals surface area contributed by atoms with Gasteiger partial charge in [0.1, 0.15) is 12.8 Å². The lowest BCUT2D eigenvalue weighted by molar-refractivity contribution is 0.0734. The van der Waals surface area contributed by atoms with Gasteiger partial charge in [0.2, 0.25) is 0 Å². The third-order valence-electron chi connectivity index (χ3n) is 5.24. The van der Waals surface area contributed by atoms with E-state index in [1.165, 1.54) is 4.90 Å². The molecule has 162 valence electrons. The molecule has 0 saturated carbocycles. The number of carboxylic acid groups (broad SMARTS) is 1. The van der Waals surface area contributed by atoms with E-state index in [2.05, 4.69) is 10.1 Å². The topological polar surface area (TPSA) is 107 Å². The summed E-state index contributed by atoms with van der Waals surface area (Å²) in [5.41, 5.74) is 7.98. The number of piperidine rings is 1. The van der Waals surface area contributed by atoms with E-state index in [-0.39, 0.29) is 18.6 Å². The Hall–Kier alpha value is -2.97. The van der Waals surface area contributed by atoms with Crippen molar-refractivity contribution in [1.29, 1.82) is 0 Å². The van der Waals surface area contributed by atoms with E-state index in [1.54, 1.807) is 41.3 Å². The Bertz CT molecular complexity index is 1080. The molecule has 2 aromatic heterocycles. The van der Waals surface area contributed by atoms with Crippen molar-refractivity contribution in [3.8, 4) is 17.0 Å². The summed E-state index contributed by atoms with van der Waals surface area (Å²) in [5.74, 6) is 0.614. The average molecular weight is 462 g/mol. The molecule has 0 radical (unpaired) electrons. The minimum absolute atomic E-state index is 0.137. The van der Waals surface area contributed by atoms with Crippen LogP contribution >= 0.6 is 23.2 Å². The number of hydrogen-bond donors (Lipinski definition) is 2. The number of anilines is 1. The third-order valence-corrected chi connectivity index (χ3v) is 5.95. The molecule has 1 unspecified atom stereocenters. The van der Waals surface area contributed by atoms with Crippen LogP contribution < -0.4 is 10.5 Å². The van der Waals surface area contributed by atoms with Crippen molar-refractivity contribution in [2.24, 2.45) is 0 Å². The fourth-order valence-corrected chi connectivity index (χ4v) is 4.11. The SMILES string of the molecule is Nc1ncc(-c2ccn(C3CCCCN3C(=O)O)n2)cc1OCc1c(Cl)cccc1Cl. The lowest BCUT2D eigenvalue weighted by atomic mass is 10.1. The fourth-order valence-electron chi connectivity index (χ4n) is 3.60. The molecular formula is C21H21Cl2N5O3. The normalized spacial score (nSPS) is 16.3. The molecule has 1 fully saturated rings. The second-order valence-electron chi connectivity index (χ2n) is 7.23. The van der Waals surface area contributed by atoms with Crippen molar-refractivity contribution >= 4 is 35.1 Å². The van der Waals surface area contributed by atoms with Crippen LogP contribution in [0.2, 0.25) is 10.0 Å². The van der Waals surface area contributed by atoms with Crippen molar-refractivity contribution in [2.75, 3.05) is 12.3 Å². The van der Waals surface area contributed by atoms with Crippen LogP contribution in [0.4, 0.5) is 10.6 Å². The van der Waals surface area contributed by atoms with Crippen molar-refractivity contribution in [2.45, 2.75) is 32.0 Å². The summed E-state index contributed by atoms with van der Waals surface area (Å²) in [7, 11) is 0. The molecule has 1 atom stereocenters. The first kappa shape index (κ1) is 21.3. The Balaban J connectivity index is 1.55. The molecule has 1 aromatic carbocycles. The fraction of sp³-hybridized carbons (Fsp3) is 0.286. The van der Waals surface area contributed by atoms with E-state index in [1.807, 2.05) is 6.07 Å². The maximum absolute atomic E-state index is 11.6. The van der Waals surface area contributed by atoms with Gasteiger partial charge in [-0.05, 0) is 43.5 Å². The highest BCUT2D eigenvalue weighted by atomic mass is 35.5. The van der Waals surface area contributed by atoms with Crippen molar-refractivity contribution in [1.82, 2.24) is 19.7 Å². The first-order chi connectivity index (χ1) is 14.9. The predicted octanol–water partition coefficient (Wildman–Crippen LogP) is 5.08. The van der Waals surface area contributed by atoms with Crippen LogP contribution in [-0.2, 0) is 6.61 Å². The van der Waals surface area contributed by atoms with Gasteiger partial charge in [0.05, 0.1) is 5.69 Å². The molecule has 1 aliphatic rings. The van der Waals surface area contributed by atoms with Gasteiger partial charge in [-0.15, -0.1) is 0 Å². The summed E-state index contributed by atoms with van der Waals surface area (Å²) in [4.78, 5) is 17.2. The standard InChI is InChI=1S/C21H21Cl2N5O3/c22-15-4-3-5-16(23)14(15)12-31-18-10-13(11-25-20(18)24)17-7-9-28(26-17)19-6-1-2-8-27(19)21(29)30/h3-5,7,9-11,19H,1-2,6,8,12H2,(H2,24,25)(H,29,30). The highest BCUT2D eigenvalue weighted by molar-refractivity contribution is 6.35. The van der Waals surface area contributed by atoms with Crippen molar-refractivity contribution in [3.63, 3.8) is 0 Å². The predicted molar refractivity (Wildman–Crippen MR) is 118 cm³/mol. The number of carbonyl (C=O) groups is 1. The number of likely N-dealkylation sites (tertiary alicyclic amines) is 1. The number of benzene rings is 1. The summed E-state index contributed by atoms with van der Waals surface area (Å²) < 4.78 is 7.52. The van der Waals surface area contributed by atoms with E-state index >= 15 is 0 Å². The molecule has 0 aliphatic carbocycles. The van der Waals surface area contributed by atoms with E-state index in [9.17, 15) is 9.90 Å². The molecule has 1 saturated heterocycles. The van der Waals surface area contributed by atoms with Crippen LogP contribution in [0.25, 0.3) is 11.3 Å². The quantitative estimate of drug-likeness (QED) is 0.548. The molecule has 1 aliphatic heterocycles. The van der Waals surface area contributed by atoms with E-state index in [4.69, 9.17) is 33.7 Å². The number of amides is 1. The number of aromatic nitrogens is 3. The number of nitrogens with zero attached hydrogens (tertiary/aromatic N) is 4. The summed E-state index contributed by atoms with van der Waals surface area (Å²) >= 11 is 12.4. The van der Waals surface area contributed by atoms with Crippen LogP contribution in [0.5, 0.6) is 5.75 Å². The van der Waals surface area contributed by atoms with Gasteiger partial charge in [-0.25, -0.2) is 14.5 Å². The van der Waals surface area contributed by atoms with Crippen molar-refractivity contribution < 1.29 is 14.6 Å². The zero-order chi connectivity index (χ0) is 22.0. The van der Waals surface area contributed by atoms with Gasteiger partial charge in [-0.1, -0.05) is 29.3 Å². The largest absolute Gasteiger partial charge is 0.485 e. The zero-order valence-electron chi connectivity index (χ0n) is 16.5. The van der Waals surface area contributed by atoms with Crippen molar-refractivity contribution in [3.05, 3.63) is 58.3 Å². The minimum atomic E-state index is -0.940. The lowest BCUT2D eigenvalue weighted by Gasteiger charge is -2.33. The molecule has 10 heteroatoms. The number of nitrogen functional groups attached to an aromatic ring is 1. The molecular weight excluding hydrogens is 441 g/mol. The number of hydrogen-bond acceptors (Lipinski definition) is 5. The van der Waals surface area contributed by atoms with E-state index < -0.39 is 6.09 Å². The highest BCUT2D eigenvalue weighted by Crippen LogP contribution is 2.31. The molecule has 3 aromatic rings. The molecule has 1 amide bonds. The molecule has 8 nitrogen and oxygen atoms in total. The lowest BCUT2D eigenvalue weighted by Crippen LogP contribution is -2.40. The Morgan fingerprint density at radius 2 is 2.03 bits per heavy atom. The molecule has 4 rings (SSSR count). The average Bonchev–Trinajstić information content (AvgIpc) is 3.24. The number of nitrogens with two attached hydrogens (primary N) is 1. The number of rotatable bonds is 5. The van der Waals surface area contributed by atoms with Crippen LogP contribution in [0.15, 0.2) is 42.7 Å². The molecule has 31 heavy (non-hydrogen) atoms. The Morgan fingerprint density at radius 3 is 2.77 bits per heavy atom. The van der Waals surface area contributed by atoms with Gasteiger partial charge < -0.3 is 15.6 Å². The van der Waals surface area contributed by atoms with Gasteiger partial charge in [-0.3, -0.25) is 4.90 Å². The second-order valence-corrected chi connectivity index (χ2v) is 8.04. The van der Waals surface area contributed by atoms with Gasteiger partial charge in [0.25, 0.3) is 0 Å². The number of halogens is 2. The van der Waals surface area contributed by atoms with Gasteiger partial charge in [0.15, 0.2) is 11.6 Å². The van der Waals surface area contributed by atoms with Gasteiger partial charge in [0, 0.05) is 40.1 Å². The summed E-state index contributed by atoms with van der Waals surface area (Å²) in [6.07, 6.45) is 4.66. The third kappa shape index (κ3) is 4.55. The molecule has 0 spiro atoms. The van der Waals surface area contributed by atoms with Crippen LogP contribution in [0.1, 0.15) is 31.0 Å². The van der Waals surface area contributed by atoms with E-state index in [0.29, 0.717) is 39.2 Å². The number of pyridine rings is 1. The smallest absolute Gasteiger partial charge is 0.409 e. The number of ether oxygens (including phenoxy) is 1. The Kier molecular flexibility index (Phi) is 6.20. The Labute approximate surface area is 189 Å². The zero-order valence-corrected chi connectivity index (χ0v) is 18.1. The summed E-state index contributed by atoms with van der Waals surface area (Å²) in [5, 5.41) is 15.1. The van der Waals surface area contributed by atoms with Gasteiger partial charge in [-0.2, -0.15) is 5.10 Å². The highest BCUT2D eigenvalue weighted by Gasteiger charge is 2.28. The molecule has 0 bridgehead atoms.